The number of aromatic nitrogens is 4. The predicted octanol–water partition coefficient (Wildman–Crippen LogP) is 5.68. The first-order valence-electron chi connectivity index (χ1n) is 10.6. The highest BCUT2D eigenvalue weighted by molar-refractivity contribution is 5.71. The molecule has 1 N–H and O–H groups in total. The Hall–Kier alpha value is -3.36. The van der Waals surface area contributed by atoms with Gasteiger partial charge < -0.3 is 9.84 Å². The summed E-state index contributed by atoms with van der Waals surface area (Å²) in [4.78, 5) is 19.3. The zero-order valence-corrected chi connectivity index (χ0v) is 18.1. The number of unbranched alkanes of at least 4 members (excludes halogenated alkanes) is 1. The number of nitrogens with zero attached hydrogens (tertiary/aromatic N) is 4. The molecule has 7 nitrogen and oxygen atoms in total. The van der Waals surface area contributed by atoms with Crippen LogP contribution in [0.2, 0.25) is 0 Å². The number of carboxylic acid groups (broad SMARTS) is 1. The maximum Gasteiger partial charge on any atom is 0.511 e. The average Bonchev–Trinajstić information content (AvgIpc) is 3.16. The Bertz CT molecular complexity index is 1050. The van der Waals surface area contributed by atoms with Gasteiger partial charge in [-0.1, -0.05) is 44.5 Å². The van der Waals surface area contributed by atoms with Gasteiger partial charge in [-0.25, -0.2) is 14.5 Å². The van der Waals surface area contributed by atoms with E-state index in [0.29, 0.717) is 36.5 Å². The van der Waals surface area contributed by atoms with E-state index in [0.717, 1.165) is 18.4 Å². The van der Waals surface area contributed by atoms with Crippen molar-refractivity contribution in [3.05, 3.63) is 59.8 Å². The number of pyridine rings is 1. The molecular weight excluding hydrogens is 418 g/mol. The monoisotopic (exact) mass is 444 g/mol. The minimum absolute atomic E-state index is 0.133. The summed E-state index contributed by atoms with van der Waals surface area (Å²) in [6, 6.07) is 10.3. The van der Waals surface area contributed by atoms with Crippen molar-refractivity contribution in [1.29, 1.82) is 0 Å². The number of aryl methyl sites for hydroxylation is 1. The lowest BCUT2D eigenvalue weighted by Crippen LogP contribution is -2.15. The number of benzene rings is 1. The molecule has 0 fully saturated rings. The molecule has 0 spiro atoms. The van der Waals surface area contributed by atoms with Crippen molar-refractivity contribution >= 4 is 6.16 Å². The minimum atomic E-state index is -3.05. The van der Waals surface area contributed by atoms with Crippen molar-refractivity contribution in [2.24, 2.45) is 0 Å². The van der Waals surface area contributed by atoms with Crippen molar-refractivity contribution in [1.82, 2.24) is 19.7 Å². The van der Waals surface area contributed by atoms with Gasteiger partial charge in [0.25, 0.3) is 0 Å². The summed E-state index contributed by atoms with van der Waals surface area (Å²) in [5.74, 6) is -2.80. The van der Waals surface area contributed by atoms with Gasteiger partial charge in [0.15, 0.2) is 5.75 Å². The number of hydrogen-bond acceptors (Lipinski definition) is 5. The van der Waals surface area contributed by atoms with E-state index in [2.05, 4.69) is 15.1 Å². The van der Waals surface area contributed by atoms with E-state index < -0.39 is 17.9 Å². The SMILES string of the molecule is CCCCc1nc(C(F)(F)CCC)nn1Cc1ccc(-c2ncccc2OC(=O)O)cc1. The van der Waals surface area contributed by atoms with Gasteiger partial charge in [0, 0.05) is 24.6 Å². The van der Waals surface area contributed by atoms with E-state index in [4.69, 9.17) is 9.84 Å². The first kappa shape index (κ1) is 23.3. The third-order valence-corrected chi connectivity index (χ3v) is 4.92. The molecule has 9 heteroatoms. The van der Waals surface area contributed by atoms with Crippen LogP contribution in [0.3, 0.4) is 0 Å². The molecule has 0 bridgehead atoms. The number of alkyl halides is 2. The van der Waals surface area contributed by atoms with Crippen LogP contribution in [-0.2, 0) is 18.9 Å². The summed E-state index contributed by atoms with van der Waals surface area (Å²) >= 11 is 0. The number of carbonyl (C=O) groups is 1. The Balaban J connectivity index is 1.85. The van der Waals surface area contributed by atoms with Gasteiger partial charge in [-0.15, -0.1) is 5.10 Å². The molecule has 0 aliphatic carbocycles. The summed E-state index contributed by atoms with van der Waals surface area (Å²) in [5.41, 5.74) is 1.91. The third-order valence-electron chi connectivity index (χ3n) is 4.92. The smallest absolute Gasteiger partial charge is 0.449 e. The van der Waals surface area contributed by atoms with Crippen molar-refractivity contribution in [2.45, 2.75) is 58.4 Å². The Labute approximate surface area is 185 Å². The van der Waals surface area contributed by atoms with Gasteiger partial charge in [0.05, 0.1) is 6.54 Å². The Kier molecular flexibility index (Phi) is 7.50. The van der Waals surface area contributed by atoms with Crippen molar-refractivity contribution in [2.75, 3.05) is 0 Å². The molecular formula is C23H26F2N4O3. The maximum absolute atomic E-state index is 14.4. The molecule has 0 aliphatic heterocycles. The number of hydrogen-bond donors (Lipinski definition) is 1. The normalized spacial score (nSPS) is 11.5. The second-order valence-electron chi connectivity index (χ2n) is 7.48. The molecule has 0 unspecified atom stereocenters. The van der Waals surface area contributed by atoms with Crippen molar-refractivity contribution < 1.29 is 23.4 Å². The van der Waals surface area contributed by atoms with Crippen LogP contribution in [0.25, 0.3) is 11.3 Å². The predicted molar refractivity (Wildman–Crippen MR) is 115 cm³/mol. The molecule has 3 rings (SSSR count). The summed E-state index contributed by atoms with van der Waals surface area (Å²) in [6.07, 6.45) is 2.52. The van der Waals surface area contributed by atoms with Crippen LogP contribution in [0.1, 0.15) is 56.7 Å². The molecule has 170 valence electrons. The van der Waals surface area contributed by atoms with Gasteiger partial charge in [0.1, 0.15) is 11.5 Å². The first-order valence-corrected chi connectivity index (χ1v) is 10.6. The fourth-order valence-corrected chi connectivity index (χ4v) is 3.33. The second-order valence-corrected chi connectivity index (χ2v) is 7.48. The Morgan fingerprint density at radius 2 is 1.91 bits per heavy atom. The molecule has 0 aliphatic rings. The fourth-order valence-electron chi connectivity index (χ4n) is 3.33. The topological polar surface area (TPSA) is 90.1 Å². The molecule has 32 heavy (non-hydrogen) atoms. The fraction of sp³-hybridized carbons (Fsp3) is 0.391. The van der Waals surface area contributed by atoms with Crippen LogP contribution in [0.4, 0.5) is 13.6 Å². The van der Waals surface area contributed by atoms with Gasteiger partial charge in [-0.2, -0.15) is 8.78 Å². The summed E-state index contributed by atoms with van der Waals surface area (Å²) in [5, 5.41) is 13.0. The molecule has 0 amide bonds. The number of rotatable bonds is 10. The van der Waals surface area contributed by atoms with Crippen LogP contribution in [0.5, 0.6) is 5.75 Å². The summed E-state index contributed by atoms with van der Waals surface area (Å²) in [6.45, 7) is 4.04. The van der Waals surface area contributed by atoms with Crippen LogP contribution in [-0.4, -0.2) is 31.0 Å². The second kappa shape index (κ2) is 10.3. The first-order chi connectivity index (χ1) is 15.3. The molecule has 0 saturated carbocycles. The lowest BCUT2D eigenvalue weighted by molar-refractivity contribution is -0.0232. The zero-order valence-electron chi connectivity index (χ0n) is 18.1. The molecule has 2 heterocycles. The van der Waals surface area contributed by atoms with Crippen LogP contribution in [0, 0.1) is 0 Å². The Morgan fingerprint density at radius 3 is 2.56 bits per heavy atom. The Morgan fingerprint density at radius 1 is 1.16 bits per heavy atom. The van der Waals surface area contributed by atoms with E-state index in [9.17, 15) is 13.6 Å². The van der Waals surface area contributed by atoms with E-state index in [1.807, 2.05) is 19.1 Å². The summed E-state index contributed by atoms with van der Waals surface area (Å²) in [7, 11) is 0. The zero-order chi connectivity index (χ0) is 23.1. The van der Waals surface area contributed by atoms with Crippen molar-refractivity contribution in [3.63, 3.8) is 0 Å². The van der Waals surface area contributed by atoms with E-state index >= 15 is 0 Å². The number of ether oxygens (including phenoxy) is 1. The highest BCUT2D eigenvalue weighted by Gasteiger charge is 2.36. The third kappa shape index (κ3) is 5.66. The van der Waals surface area contributed by atoms with Crippen molar-refractivity contribution in [3.8, 4) is 17.0 Å². The van der Waals surface area contributed by atoms with Crippen LogP contribution in [0.15, 0.2) is 42.6 Å². The van der Waals surface area contributed by atoms with Gasteiger partial charge >= 0.3 is 12.1 Å². The molecule has 0 atom stereocenters. The molecule has 2 aromatic heterocycles. The largest absolute Gasteiger partial charge is 0.511 e. The molecule has 0 radical (unpaired) electrons. The highest BCUT2D eigenvalue weighted by Crippen LogP contribution is 2.31. The van der Waals surface area contributed by atoms with E-state index in [1.54, 1.807) is 36.0 Å². The molecule has 3 aromatic rings. The standard InChI is InChI=1S/C23H26F2N4O3/c1-3-5-8-19-27-21(23(24,25)13-4-2)28-29(19)15-16-9-11-17(12-10-16)20-18(32-22(30)31)7-6-14-26-20/h6-7,9-12,14H,3-5,8,13,15H2,1-2H3,(H,30,31). The highest BCUT2D eigenvalue weighted by atomic mass is 19.3. The average molecular weight is 444 g/mol. The molecule has 1 aromatic carbocycles. The van der Waals surface area contributed by atoms with Crippen LogP contribution >= 0.6 is 0 Å². The lowest BCUT2D eigenvalue weighted by atomic mass is 10.1. The quantitative estimate of drug-likeness (QED) is 0.405. The maximum atomic E-state index is 14.4. The minimum Gasteiger partial charge on any atom is -0.449 e. The lowest BCUT2D eigenvalue weighted by Gasteiger charge is -2.10. The van der Waals surface area contributed by atoms with Gasteiger partial charge in [-0.05, 0) is 30.5 Å². The van der Waals surface area contributed by atoms with E-state index in [-0.39, 0.29) is 12.2 Å². The van der Waals surface area contributed by atoms with Crippen LogP contribution < -0.4 is 4.74 Å². The van der Waals surface area contributed by atoms with Gasteiger partial charge in [-0.3, -0.25) is 4.98 Å². The number of halogens is 2. The summed E-state index contributed by atoms with van der Waals surface area (Å²) < 4.78 is 35.1. The molecule has 0 saturated heterocycles. The van der Waals surface area contributed by atoms with Gasteiger partial charge in [0.2, 0.25) is 5.82 Å². The van der Waals surface area contributed by atoms with E-state index in [1.165, 1.54) is 6.07 Å².